The lowest BCUT2D eigenvalue weighted by Crippen LogP contribution is -2.28. The molecule has 0 fully saturated rings. The van der Waals surface area contributed by atoms with Crippen LogP contribution < -0.4 is 9.64 Å². The molecule has 6 nitrogen and oxygen atoms in total. The number of hydrogen-bond acceptors (Lipinski definition) is 5. The summed E-state index contributed by atoms with van der Waals surface area (Å²) in [6, 6.07) is 15.1. The van der Waals surface area contributed by atoms with Crippen LogP contribution in [0.1, 0.15) is 27.6 Å². The second-order valence-electron chi connectivity index (χ2n) is 5.88. The van der Waals surface area contributed by atoms with Crippen LogP contribution in [0.4, 0.5) is 5.69 Å². The first-order chi connectivity index (χ1) is 12.2. The van der Waals surface area contributed by atoms with Crippen molar-refractivity contribution >= 4 is 11.6 Å². The predicted molar refractivity (Wildman–Crippen MR) is 91.6 cm³/mol. The summed E-state index contributed by atoms with van der Waals surface area (Å²) in [5.74, 6) is 1.66. The van der Waals surface area contributed by atoms with E-state index in [1.165, 1.54) is 5.56 Å². The third-order valence-corrected chi connectivity index (χ3v) is 4.17. The van der Waals surface area contributed by atoms with Crippen molar-refractivity contribution in [1.82, 2.24) is 10.1 Å². The Hall–Kier alpha value is -3.15. The topological polar surface area (TPSA) is 68.5 Å². The van der Waals surface area contributed by atoms with E-state index in [1.807, 2.05) is 23.1 Å². The lowest BCUT2D eigenvalue weighted by atomic mass is 10.1. The fourth-order valence-electron chi connectivity index (χ4n) is 2.95. The lowest BCUT2D eigenvalue weighted by Gasteiger charge is -2.17. The van der Waals surface area contributed by atoms with Crippen molar-refractivity contribution < 1.29 is 14.1 Å². The van der Waals surface area contributed by atoms with Gasteiger partial charge in [-0.2, -0.15) is 4.98 Å². The Labute approximate surface area is 145 Å². The summed E-state index contributed by atoms with van der Waals surface area (Å²) in [6.07, 6.45) is 0.896. The van der Waals surface area contributed by atoms with Gasteiger partial charge in [0.1, 0.15) is 5.75 Å². The maximum atomic E-state index is 12.8. The van der Waals surface area contributed by atoms with Gasteiger partial charge in [0.05, 0.1) is 0 Å². The Balaban J connectivity index is 1.44. The summed E-state index contributed by atoms with van der Waals surface area (Å²) in [7, 11) is 0. The standard InChI is InChI=1S/C19H17N3O3/c1-13-20-18(21-25-13)12-24-16-8-6-15(7-9-16)19(23)22-11-10-14-4-2-3-5-17(14)22/h2-9H,10-12H2,1H3. The summed E-state index contributed by atoms with van der Waals surface area (Å²) >= 11 is 0. The molecular weight excluding hydrogens is 318 g/mol. The van der Waals surface area contributed by atoms with Gasteiger partial charge in [-0.05, 0) is 42.3 Å². The molecule has 0 spiro atoms. The molecule has 1 aliphatic heterocycles. The first kappa shape index (κ1) is 15.4. The minimum absolute atomic E-state index is 0.00490. The lowest BCUT2D eigenvalue weighted by molar-refractivity contribution is 0.0989. The number of rotatable bonds is 4. The molecule has 0 saturated carbocycles. The van der Waals surface area contributed by atoms with Gasteiger partial charge in [0.25, 0.3) is 5.91 Å². The monoisotopic (exact) mass is 335 g/mol. The predicted octanol–water partition coefficient (Wildman–Crippen LogP) is 3.16. The second kappa shape index (κ2) is 6.39. The molecule has 0 atom stereocenters. The van der Waals surface area contributed by atoms with Crippen molar-refractivity contribution in [2.45, 2.75) is 20.0 Å². The molecule has 1 aliphatic rings. The molecule has 0 aliphatic carbocycles. The molecular formula is C19H17N3O3. The maximum absolute atomic E-state index is 12.8. The normalized spacial score (nSPS) is 12.9. The summed E-state index contributed by atoms with van der Waals surface area (Å²) in [4.78, 5) is 18.7. The van der Waals surface area contributed by atoms with Gasteiger partial charge >= 0.3 is 0 Å². The summed E-state index contributed by atoms with van der Waals surface area (Å²) in [5.41, 5.74) is 2.85. The number of carbonyl (C=O) groups is 1. The van der Waals surface area contributed by atoms with Crippen LogP contribution in [0.25, 0.3) is 0 Å². The molecule has 1 aromatic heterocycles. The zero-order valence-electron chi connectivity index (χ0n) is 13.8. The van der Waals surface area contributed by atoms with Crippen LogP contribution in [0.5, 0.6) is 5.75 Å². The van der Waals surface area contributed by atoms with E-state index < -0.39 is 0 Å². The van der Waals surface area contributed by atoms with E-state index in [9.17, 15) is 4.79 Å². The van der Waals surface area contributed by atoms with Gasteiger partial charge in [-0.3, -0.25) is 4.79 Å². The Morgan fingerprint density at radius 2 is 2.00 bits per heavy atom. The molecule has 0 N–H and O–H groups in total. The minimum Gasteiger partial charge on any atom is -0.485 e. The van der Waals surface area contributed by atoms with E-state index in [0.717, 1.165) is 12.1 Å². The van der Waals surface area contributed by atoms with Crippen LogP contribution in [0, 0.1) is 6.92 Å². The van der Waals surface area contributed by atoms with Crippen molar-refractivity contribution in [1.29, 1.82) is 0 Å². The average Bonchev–Trinajstić information content (AvgIpc) is 3.26. The smallest absolute Gasteiger partial charge is 0.258 e. The van der Waals surface area contributed by atoms with E-state index in [1.54, 1.807) is 31.2 Å². The number of anilines is 1. The quantitative estimate of drug-likeness (QED) is 0.732. The molecule has 6 heteroatoms. The molecule has 3 aromatic rings. The van der Waals surface area contributed by atoms with Crippen LogP contribution in [-0.2, 0) is 13.0 Å². The molecule has 0 saturated heterocycles. The highest BCUT2D eigenvalue weighted by atomic mass is 16.5. The van der Waals surface area contributed by atoms with Crippen molar-refractivity contribution in [3.63, 3.8) is 0 Å². The van der Waals surface area contributed by atoms with E-state index >= 15 is 0 Å². The largest absolute Gasteiger partial charge is 0.485 e. The number of para-hydroxylation sites is 1. The highest BCUT2D eigenvalue weighted by Gasteiger charge is 2.24. The van der Waals surface area contributed by atoms with Gasteiger partial charge < -0.3 is 14.2 Å². The molecule has 0 unspecified atom stereocenters. The number of aromatic nitrogens is 2. The van der Waals surface area contributed by atoms with Gasteiger partial charge in [0, 0.05) is 24.7 Å². The highest BCUT2D eigenvalue weighted by Crippen LogP contribution is 2.29. The van der Waals surface area contributed by atoms with E-state index in [0.29, 0.717) is 29.6 Å². The molecule has 126 valence electrons. The number of ether oxygens (including phenoxy) is 1. The van der Waals surface area contributed by atoms with Crippen LogP contribution in [-0.4, -0.2) is 22.6 Å². The van der Waals surface area contributed by atoms with Crippen LogP contribution >= 0.6 is 0 Å². The SMILES string of the molecule is Cc1nc(COc2ccc(C(=O)N3CCc4ccccc43)cc2)no1. The minimum atomic E-state index is 0.00490. The zero-order chi connectivity index (χ0) is 17.2. The van der Waals surface area contributed by atoms with Crippen LogP contribution in [0.15, 0.2) is 53.1 Å². The fourth-order valence-corrected chi connectivity index (χ4v) is 2.95. The van der Waals surface area contributed by atoms with E-state index in [-0.39, 0.29) is 12.5 Å². The van der Waals surface area contributed by atoms with Gasteiger partial charge in [-0.25, -0.2) is 0 Å². The van der Waals surface area contributed by atoms with E-state index in [4.69, 9.17) is 9.26 Å². The Morgan fingerprint density at radius 3 is 2.76 bits per heavy atom. The second-order valence-corrected chi connectivity index (χ2v) is 5.88. The van der Waals surface area contributed by atoms with Crippen molar-refractivity contribution in [3.05, 3.63) is 71.4 Å². The third-order valence-electron chi connectivity index (χ3n) is 4.17. The third kappa shape index (κ3) is 3.10. The molecule has 4 rings (SSSR count). The van der Waals surface area contributed by atoms with E-state index in [2.05, 4.69) is 16.2 Å². The van der Waals surface area contributed by atoms with Crippen molar-refractivity contribution in [2.75, 3.05) is 11.4 Å². The van der Waals surface area contributed by atoms with Crippen molar-refractivity contribution in [2.24, 2.45) is 0 Å². The first-order valence-electron chi connectivity index (χ1n) is 8.12. The van der Waals surface area contributed by atoms with Crippen LogP contribution in [0.2, 0.25) is 0 Å². The molecule has 0 radical (unpaired) electrons. The number of benzene rings is 2. The summed E-state index contributed by atoms with van der Waals surface area (Å²) in [5, 5.41) is 3.78. The fraction of sp³-hybridized carbons (Fsp3) is 0.211. The number of nitrogens with zero attached hydrogens (tertiary/aromatic N) is 3. The Bertz CT molecular complexity index is 902. The zero-order valence-corrected chi connectivity index (χ0v) is 13.8. The first-order valence-corrected chi connectivity index (χ1v) is 8.12. The number of hydrogen-bond donors (Lipinski definition) is 0. The number of amides is 1. The van der Waals surface area contributed by atoms with Gasteiger partial charge in [-0.1, -0.05) is 23.4 Å². The molecule has 0 bridgehead atoms. The molecule has 1 amide bonds. The highest BCUT2D eigenvalue weighted by molar-refractivity contribution is 6.07. The van der Waals surface area contributed by atoms with Gasteiger partial charge in [-0.15, -0.1) is 0 Å². The number of carbonyl (C=O) groups excluding carboxylic acids is 1. The molecule has 2 heterocycles. The van der Waals surface area contributed by atoms with Gasteiger partial charge in [0.2, 0.25) is 11.7 Å². The Kier molecular flexibility index (Phi) is 3.93. The van der Waals surface area contributed by atoms with Gasteiger partial charge in [0.15, 0.2) is 6.61 Å². The molecule has 2 aromatic carbocycles. The average molecular weight is 335 g/mol. The van der Waals surface area contributed by atoms with Crippen LogP contribution in [0.3, 0.4) is 0 Å². The summed E-state index contributed by atoms with van der Waals surface area (Å²) in [6.45, 7) is 2.67. The maximum Gasteiger partial charge on any atom is 0.258 e. The molecule has 25 heavy (non-hydrogen) atoms. The Morgan fingerprint density at radius 1 is 1.20 bits per heavy atom. The summed E-state index contributed by atoms with van der Waals surface area (Å²) < 4.78 is 10.5. The number of aryl methyl sites for hydroxylation is 1. The number of fused-ring (bicyclic) bond motifs is 1. The van der Waals surface area contributed by atoms with Crippen molar-refractivity contribution in [3.8, 4) is 5.75 Å².